The maximum atomic E-state index is 12.4. The molecule has 0 spiro atoms. The van der Waals surface area contributed by atoms with Crippen LogP contribution in [-0.4, -0.2) is 56.2 Å². The Kier molecular flexibility index (Phi) is 7.25. The Morgan fingerprint density at radius 1 is 1.14 bits per heavy atom. The third-order valence-corrected chi connectivity index (χ3v) is 6.91. The number of ether oxygens (including phenoxy) is 1. The van der Waals surface area contributed by atoms with E-state index in [4.69, 9.17) is 14.0 Å². The average molecular weight is 427 g/mol. The molecule has 1 aliphatic heterocycles. The molecule has 0 bridgehead atoms. The van der Waals surface area contributed by atoms with Gasteiger partial charge in [0.1, 0.15) is 12.3 Å². The van der Waals surface area contributed by atoms with Gasteiger partial charge in [-0.15, -0.1) is 0 Å². The van der Waals surface area contributed by atoms with Gasteiger partial charge in [0, 0.05) is 24.2 Å². The Hall–Kier alpha value is -1.36. The van der Waals surface area contributed by atoms with Crippen molar-refractivity contribution in [1.82, 2.24) is 10.3 Å². The highest BCUT2D eigenvalue weighted by atomic mass is 32.2. The van der Waals surface area contributed by atoms with Crippen LogP contribution in [0.3, 0.4) is 0 Å². The highest BCUT2D eigenvalue weighted by Gasteiger charge is 2.52. The third-order valence-electron chi connectivity index (χ3n) is 5.16. The van der Waals surface area contributed by atoms with E-state index in [0.29, 0.717) is 24.7 Å². The van der Waals surface area contributed by atoms with Crippen molar-refractivity contribution in [2.24, 2.45) is 0 Å². The summed E-state index contributed by atoms with van der Waals surface area (Å²) in [6.45, 7) is 16.1. The van der Waals surface area contributed by atoms with Crippen LogP contribution in [0.5, 0.6) is 5.88 Å². The van der Waals surface area contributed by atoms with Crippen molar-refractivity contribution >= 4 is 28.3 Å². The maximum absolute atomic E-state index is 12.4. The van der Waals surface area contributed by atoms with Crippen LogP contribution in [0.2, 0.25) is 0 Å². The van der Waals surface area contributed by atoms with Crippen LogP contribution in [0, 0.1) is 0 Å². The van der Waals surface area contributed by atoms with Crippen LogP contribution in [-0.2, 0) is 19.3 Å². The minimum absolute atomic E-state index is 0.222. The number of hydrogen-bond donors (Lipinski definition) is 2. The first-order valence-electron chi connectivity index (χ1n) is 9.98. The van der Waals surface area contributed by atoms with Crippen LogP contribution in [0.1, 0.15) is 55.4 Å². The number of anilines is 1. The van der Waals surface area contributed by atoms with E-state index in [0.717, 1.165) is 0 Å². The average Bonchev–Trinajstić information content (AvgIpc) is 2.79. The lowest BCUT2D eigenvalue weighted by Crippen LogP contribution is -2.41. The van der Waals surface area contributed by atoms with Crippen molar-refractivity contribution < 1.29 is 22.5 Å². The summed E-state index contributed by atoms with van der Waals surface area (Å²) in [7, 11) is -4.22. The first-order valence-corrected chi connectivity index (χ1v) is 11.5. The molecule has 2 heterocycles. The number of aromatic nitrogens is 1. The summed E-state index contributed by atoms with van der Waals surface area (Å²) >= 11 is 0. The van der Waals surface area contributed by atoms with Crippen molar-refractivity contribution in [2.45, 2.75) is 77.9 Å². The van der Waals surface area contributed by atoms with Gasteiger partial charge in [0.2, 0.25) is 15.9 Å². The van der Waals surface area contributed by atoms with E-state index in [2.05, 4.69) is 15.0 Å². The van der Waals surface area contributed by atoms with Crippen molar-refractivity contribution in [3.05, 3.63) is 12.3 Å². The largest absolute Gasteiger partial charge is 0.496 e. The van der Waals surface area contributed by atoms with E-state index >= 15 is 0 Å². The number of rotatable bonds is 9. The summed E-state index contributed by atoms with van der Waals surface area (Å²) in [5.74, 6) is 0.222. The summed E-state index contributed by atoms with van der Waals surface area (Å²) in [5, 5.41) is 2.65. The van der Waals surface area contributed by atoms with E-state index < -0.39 is 33.6 Å². The Morgan fingerprint density at radius 2 is 1.72 bits per heavy atom. The van der Waals surface area contributed by atoms with Crippen LogP contribution in [0.4, 0.5) is 5.69 Å². The zero-order chi connectivity index (χ0) is 22.0. The highest BCUT2D eigenvalue weighted by Crippen LogP contribution is 2.36. The third kappa shape index (κ3) is 5.84. The van der Waals surface area contributed by atoms with Crippen molar-refractivity contribution in [2.75, 3.05) is 17.9 Å². The predicted molar refractivity (Wildman–Crippen MR) is 116 cm³/mol. The van der Waals surface area contributed by atoms with Gasteiger partial charge in [-0.25, -0.2) is 13.4 Å². The van der Waals surface area contributed by atoms with Crippen LogP contribution < -0.4 is 20.2 Å². The van der Waals surface area contributed by atoms with E-state index in [1.807, 2.05) is 41.5 Å². The van der Waals surface area contributed by atoms with Crippen molar-refractivity contribution in [1.29, 1.82) is 0 Å². The van der Waals surface area contributed by atoms with Gasteiger partial charge in [-0.05, 0) is 47.6 Å². The molecule has 1 aromatic rings. The second kappa shape index (κ2) is 8.79. The van der Waals surface area contributed by atoms with E-state index in [-0.39, 0.29) is 11.6 Å². The fourth-order valence-corrected chi connectivity index (χ4v) is 3.22. The SMILES string of the molecule is CC(C)NCCOc1ncc(B2OC(C)(C)C(C)(C)O2)cc1NS(=O)(=O)C(C)C. The molecule has 164 valence electrons. The molecule has 0 radical (unpaired) electrons. The van der Waals surface area contributed by atoms with Crippen molar-refractivity contribution in [3.63, 3.8) is 0 Å². The molecule has 0 unspecified atom stereocenters. The zero-order valence-corrected chi connectivity index (χ0v) is 19.5. The normalized spacial score (nSPS) is 18.5. The van der Waals surface area contributed by atoms with E-state index in [9.17, 15) is 8.42 Å². The summed E-state index contributed by atoms with van der Waals surface area (Å²) < 4.78 is 45.3. The van der Waals surface area contributed by atoms with E-state index in [1.165, 1.54) is 0 Å². The second-order valence-electron chi connectivity index (χ2n) is 8.86. The molecule has 1 aromatic heterocycles. The van der Waals surface area contributed by atoms with E-state index in [1.54, 1.807) is 26.1 Å². The molecule has 0 aromatic carbocycles. The summed E-state index contributed by atoms with van der Waals surface area (Å²) in [4.78, 5) is 4.34. The van der Waals surface area contributed by atoms with Gasteiger partial charge >= 0.3 is 7.12 Å². The van der Waals surface area contributed by atoms with Gasteiger partial charge in [-0.2, -0.15) is 0 Å². The Morgan fingerprint density at radius 3 is 2.24 bits per heavy atom. The Balaban J connectivity index is 2.28. The maximum Gasteiger partial charge on any atom is 0.496 e. The molecule has 29 heavy (non-hydrogen) atoms. The molecule has 0 aliphatic carbocycles. The van der Waals surface area contributed by atoms with Gasteiger partial charge in [0.05, 0.1) is 16.5 Å². The molecule has 1 saturated heterocycles. The summed E-state index contributed by atoms with van der Waals surface area (Å²) in [5.41, 5.74) is -0.117. The molecule has 8 nitrogen and oxygen atoms in total. The lowest BCUT2D eigenvalue weighted by molar-refractivity contribution is 0.00578. The fourth-order valence-electron chi connectivity index (χ4n) is 2.53. The molecule has 2 N–H and O–H groups in total. The molecule has 1 fully saturated rings. The standard InChI is InChI=1S/C19H34BN3O5S/c1-13(2)21-9-10-26-17-16(23-29(24,25)14(3)4)11-15(12-22-17)20-27-18(5,6)19(7,8)28-20/h11-14,21,23H,9-10H2,1-8H3. The molecule has 2 rings (SSSR count). The number of nitrogens with zero attached hydrogens (tertiary/aromatic N) is 1. The number of hydrogen-bond acceptors (Lipinski definition) is 7. The minimum Gasteiger partial charge on any atom is -0.475 e. The Labute approximate surface area is 175 Å². The highest BCUT2D eigenvalue weighted by molar-refractivity contribution is 7.93. The van der Waals surface area contributed by atoms with Gasteiger partial charge in [0.15, 0.2) is 0 Å². The zero-order valence-electron chi connectivity index (χ0n) is 18.7. The predicted octanol–water partition coefficient (Wildman–Crippen LogP) is 1.91. The first-order chi connectivity index (χ1) is 13.2. The van der Waals surface area contributed by atoms with Gasteiger partial charge in [0.25, 0.3) is 0 Å². The molecule has 0 atom stereocenters. The molecule has 10 heteroatoms. The fraction of sp³-hybridized carbons (Fsp3) is 0.737. The molecule has 1 aliphatic rings. The van der Waals surface area contributed by atoms with Crippen LogP contribution in [0.25, 0.3) is 0 Å². The quantitative estimate of drug-likeness (QED) is 0.459. The number of nitrogens with one attached hydrogen (secondary N) is 2. The van der Waals surface area contributed by atoms with Crippen LogP contribution >= 0.6 is 0 Å². The summed E-state index contributed by atoms with van der Waals surface area (Å²) in [6.07, 6.45) is 1.60. The summed E-state index contributed by atoms with van der Waals surface area (Å²) in [6, 6.07) is 2.00. The van der Waals surface area contributed by atoms with Crippen LogP contribution in [0.15, 0.2) is 12.3 Å². The lowest BCUT2D eigenvalue weighted by atomic mass is 9.80. The minimum atomic E-state index is -3.57. The topological polar surface area (TPSA) is 98.8 Å². The first kappa shape index (κ1) is 23.9. The smallest absolute Gasteiger partial charge is 0.475 e. The van der Waals surface area contributed by atoms with Gasteiger partial charge in [-0.3, -0.25) is 4.72 Å². The lowest BCUT2D eigenvalue weighted by Gasteiger charge is -2.32. The number of sulfonamides is 1. The molecule has 0 amide bonds. The number of pyridine rings is 1. The van der Waals surface area contributed by atoms with Crippen molar-refractivity contribution in [3.8, 4) is 5.88 Å². The van der Waals surface area contributed by atoms with Gasteiger partial charge in [-0.1, -0.05) is 13.8 Å². The molecule has 0 saturated carbocycles. The molecular formula is C19H34BN3O5S. The Bertz CT molecular complexity index is 796. The monoisotopic (exact) mass is 427 g/mol. The molecular weight excluding hydrogens is 393 g/mol. The second-order valence-corrected chi connectivity index (χ2v) is 11.1. The van der Waals surface area contributed by atoms with Gasteiger partial charge < -0.3 is 19.4 Å².